The molecule has 0 aliphatic rings. The molecule has 0 aliphatic carbocycles. The third-order valence-electron chi connectivity index (χ3n) is 0.793. The molecule has 0 bridgehead atoms. The first-order valence-corrected chi connectivity index (χ1v) is 3.27. The Labute approximate surface area is 65.2 Å². The Morgan fingerprint density at radius 3 is 2.64 bits per heavy atom. The second kappa shape index (κ2) is 5.46. The molecular weight excluding hydrogens is 146 g/mol. The number of amides is 1. The van der Waals surface area contributed by atoms with Gasteiger partial charge in [-0.05, 0) is 6.92 Å². The summed E-state index contributed by atoms with van der Waals surface area (Å²) in [6, 6.07) is 0. The van der Waals surface area contributed by atoms with Gasteiger partial charge in [0.15, 0.2) is 0 Å². The molecule has 62 valence electrons. The number of carbonyl (C=O) groups is 2. The van der Waals surface area contributed by atoms with E-state index in [0.717, 1.165) is 6.08 Å². The van der Waals surface area contributed by atoms with E-state index in [1.54, 1.807) is 6.92 Å². The van der Waals surface area contributed by atoms with E-state index in [2.05, 4.69) is 10.1 Å². The molecule has 4 nitrogen and oxygen atoms in total. The minimum atomic E-state index is -0.457. The van der Waals surface area contributed by atoms with Gasteiger partial charge in [-0.25, -0.2) is 4.79 Å². The number of esters is 1. The third-order valence-corrected chi connectivity index (χ3v) is 0.793. The lowest BCUT2D eigenvalue weighted by Gasteiger charge is -1.94. The van der Waals surface area contributed by atoms with Gasteiger partial charge in [0.05, 0.1) is 6.61 Å². The number of carbonyl (C=O) groups excluding carboxylic acids is 2. The summed E-state index contributed by atoms with van der Waals surface area (Å²) < 4.78 is 4.55. The third kappa shape index (κ3) is 6.57. The second-order valence-corrected chi connectivity index (χ2v) is 1.79. The molecule has 0 fully saturated rings. The standard InChI is InChI=1S/C7H11NO3/c1-3-11-7(10)4-5-8-6(2)9/h4-5H,3H2,1-2H3,(H,8,9)/b5-4-. The van der Waals surface area contributed by atoms with E-state index in [1.807, 2.05) is 0 Å². The van der Waals surface area contributed by atoms with Crippen LogP contribution in [0.5, 0.6) is 0 Å². The molecule has 0 spiro atoms. The SMILES string of the molecule is CCOC(=O)/C=C\NC(C)=O. The fourth-order valence-electron chi connectivity index (χ4n) is 0.417. The van der Waals surface area contributed by atoms with Crippen molar-refractivity contribution in [2.24, 2.45) is 0 Å². The van der Waals surface area contributed by atoms with Crippen molar-refractivity contribution in [2.75, 3.05) is 6.61 Å². The summed E-state index contributed by atoms with van der Waals surface area (Å²) in [5.41, 5.74) is 0. The summed E-state index contributed by atoms with van der Waals surface area (Å²) in [4.78, 5) is 20.8. The van der Waals surface area contributed by atoms with E-state index in [-0.39, 0.29) is 5.91 Å². The highest BCUT2D eigenvalue weighted by Gasteiger charge is 1.91. The number of hydrogen-bond acceptors (Lipinski definition) is 3. The summed E-state index contributed by atoms with van der Waals surface area (Å²) in [7, 11) is 0. The largest absolute Gasteiger partial charge is 0.463 e. The van der Waals surface area contributed by atoms with E-state index < -0.39 is 5.97 Å². The lowest BCUT2D eigenvalue weighted by atomic mass is 10.6. The number of rotatable bonds is 3. The zero-order chi connectivity index (χ0) is 8.69. The minimum absolute atomic E-state index is 0.217. The van der Waals surface area contributed by atoms with Crippen LogP contribution >= 0.6 is 0 Å². The van der Waals surface area contributed by atoms with E-state index in [4.69, 9.17) is 0 Å². The molecule has 11 heavy (non-hydrogen) atoms. The highest BCUT2D eigenvalue weighted by Crippen LogP contribution is 1.78. The van der Waals surface area contributed by atoms with Gasteiger partial charge in [-0.2, -0.15) is 0 Å². The molecule has 0 saturated carbocycles. The van der Waals surface area contributed by atoms with Gasteiger partial charge in [0.25, 0.3) is 0 Å². The maximum atomic E-state index is 10.6. The zero-order valence-electron chi connectivity index (χ0n) is 6.59. The zero-order valence-corrected chi connectivity index (χ0v) is 6.59. The van der Waals surface area contributed by atoms with Crippen LogP contribution < -0.4 is 5.32 Å². The number of ether oxygens (including phenoxy) is 1. The highest BCUT2D eigenvalue weighted by molar-refractivity contribution is 5.83. The Hall–Kier alpha value is -1.32. The fourth-order valence-corrected chi connectivity index (χ4v) is 0.417. The van der Waals surface area contributed by atoms with Crippen molar-refractivity contribution in [1.29, 1.82) is 0 Å². The lowest BCUT2D eigenvalue weighted by Crippen LogP contribution is -2.12. The van der Waals surface area contributed by atoms with Crippen molar-refractivity contribution in [1.82, 2.24) is 5.32 Å². The quantitative estimate of drug-likeness (QED) is 0.470. The molecule has 0 atom stereocenters. The molecule has 0 saturated heterocycles. The van der Waals surface area contributed by atoms with Crippen LogP contribution in [-0.4, -0.2) is 18.5 Å². The molecule has 4 heteroatoms. The van der Waals surface area contributed by atoms with Crippen LogP contribution in [0.3, 0.4) is 0 Å². The smallest absolute Gasteiger partial charge is 0.332 e. The predicted molar refractivity (Wildman–Crippen MR) is 39.6 cm³/mol. The lowest BCUT2D eigenvalue weighted by molar-refractivity contribution is -0.137. The molecule has 0 unspecified atom stereocenters. The summed E-state index contributed by atoms with van der Waals surface area (Å²) >= 11 is 0. The van der Waals surface area contributed by atoms with Crippen molar-refractivity contribution in [3.05, 3.63) is 12.3 Å². The van der Waals surface area contributed by atoms with Crippen molar-refractivity contribution < 1.29 is 14.3 Å². The van der Waals surface area contributed by atoms with Crippen molar-refractivity contribution >= 4 is 11.9 Å². The van der Waals surface area contributed by atoms with Crippen molar-refractivity contribution in [3.63, 3.8) is 0 Å². The Balaban J connectivity index is 3.56. The number of nitrogens with one attached hydrogen (secondary N) is 1. The topological polar surface area (TPSA) is 55.4 Å². The van der Waals surface area contributed by atoms with E-state index in [1.165, 1.54) is 13.1 Å². The normalized spacial score (nSPS) is 9.64. The van der Waals surface area contributed by atoms with Crippen LogP contribution in [0.4, 0.5) is 0 Å². The molecule has 1 amide bonds. The van der Waals surface area contributed by atoms with E-state index >= 15 is 0 Å². The summed E-state index contributed by atoms with van der Waals surface area (Å²) in [6.07, 6.45) is 2.41. The highest BCUT2D eigenvalue weighted by atomic mass is 16.5. The maximum absolute atomic E-state index is 10.6. The molecule has 0 rings (SSSR count). The van der Waals surface area contributed by atoms with Gasteiger partial charge < -0.3 is 10.1 Å². The van der Waals surface area contributed by atoms with Crippen LogP contribution in [0, 0.1) is 0 Å². The molecule has 0 aromatic heterocycles. The van der Waals surface area contributed by atoms with Crippen LogP contribution in [0.2, 0.25) is 0 Å². The van der Waals surface area contributed by atoms with Crippen molar-refractivity contribution in [3.8, 4) is 0 Å². The number of hydrogen-bond donors (Lipinski definition) is 1. The van der Waals surface area contributed by atoms with Crippen LogP contribution in [0.25, 0.3) is 0 Å². The first-order chi connectivity index (χ1) is 5.16. The average Bonchev–Trinajstić information content (AvgIpc) is 1.87. The summed E-state index contributed by atoms with van der Waals surface area (Å²) in [5.74, 6) is -0.674. The molecule has 0 aromatic carbocycles. The molecule has 1 N–H and O–H groups in total. The second-order valence-electron chi connectivity index (χ2n) is 1.79. The van der Waals surface area contributed by atoms with Gasteiger partial charge in [0.1, 0.15) is 0 Å². The van der Waals surface area contributed by atoms with Crippen LogP contribution in [0.15, 0.2) is 12.3 Å². The minimum Gasteiger partial charge on any atom is -0.463 e. The van der Waals surface area contributed by atoms with Gasteiger partial charge in [-0.15, -0.1) is 0 Å². The van der Waals surface area contributed by atoms with Crippen molar-refractivity contribution in [2.45, 2.75) is 13.8 Å². The Morgan fingerprint density at radius 2 is 2.18 bits per heavy atom. The Kier molecular flexibility index (Phi) is 4.81. The first kappa shape index (κ1) is 9.68. The average molecular weight is 157 g/mol. The van der Waals surface area contributed by atoms with Gasteiger partial charge >= 0.3 is 5.97 Å². The summed E-state index contributed by atoms with van der Waals surface area (Å²) in [6.45, 7) is 3.41. The molecule has 0 heterocycles. The Bertz CT molecular complexity index is 175. The van der Waals surface area contributed by atoms with Crippen LogP contribution in [-0.2, 0) is 14.3 Å². The van der Waals surface area contributed by atoms with E-state index in [9.17, 15) is 9.59 Å². The first-order valence-electron chi connectivity index (χ1n) is 3.27. The van der Waals surface area contributed by atoms with Crippen LogP contribution in [0.1, 0.15) is 13.8 Å². The molecular formula is C7H11NO3. The maximum Gasteiger partial charge on any atom is 0.332 e. The van der Waals surface area contributed by atoms with Gasteiger partial charge in [0, 0.05) is 19.2 Å². The predicted octanol–water partition coefficient (Wildman–Crippen LogP) is 0.199. The molecule has 0 radical (unpaired) electrons. The molecule has 0 aliphatic heterocycles. The van der Waals surface area contributed by atoms with Gasteiger partial charge in [0.2, 0.25) is 5.91 Å². The monoisotopic (exact) mass is 157 g/mol. The molecule has 0 aromatic rings. The fraction of sp³-hybridized carbons (Fsp3) is 0.429. The van der Waals surface area contributed by atoms with Gasteiger partial charge in [-0.1, -0.05) is 0 Å². The Morgan fingerprint density at radius 1 is 1.55 bits per heavy atom. The van der Waals surface area contributed by atoms with E-state index in [0.29, 0.717) is 6.61 Å². The summed E-state index contributed by atoms with van der Waals surface area (Å²) in [5, 5.41) is 2.31. The van der Waals surface area contributed by atoms with Gasteiger partial charge in [-0.3, -0.25) is 4.79 Å².